The zero-order chi connectivity index (χ0) is 9.88. The van der Waals surface area contributed by atoms with Crippen molar-refractivity contribution >= 4 is 0 Å². The molecule has 0 aromatic carbocycles. The average Bonchev–Trinajstić information content (AvgIpc) is 2.66. The van der Waals surface area contributed by atoms with E-state index in [-0.39, 0.29) is 5.54 Å². The van der Waals surface area contributed by atoms with Crippen molar-refractivity contribution in [1.82, 2.24) is 9.88 Å². The molecule has 1 aromatic heterocycles. The number of hydrogen-bond acceptors (Lipinski definition) is 3. The van der Waals surface area contributed by atoms with Crippen LogP contribution in [0, 0.1) is 0 Å². The van der Waals surface area contributed by atoms with E-state index >= 15 is 0 Å². The average molecular weight is 204 g/mol. The first-order chi connectivity index (χ1) is 7.38. The maximum absolute atomic E-state index is 5.98. The molecule has 2 fully saturated rings. The van der Waals surface area contributed by atoms with Crippen LogP contribution in [0.1, 0.15) is 43.0 Å². The Morgan fingerprint density at radius 1 is 1.13 bits per heavy atom. The third-order valence-electron chi connectivity index (χ3n) is 4.44. The lowest BCUT2D eigenvalue weighted by Gasteiger charge is -2.59. The normalized spacial score (nSPS) is 27.5. The van der Waals surface area contributed by atoms with Crippen molar-refractivity contribution in [3.8, 4) is 0 Å². The van der Waals surface area contributed by atoms with Gasteiger partial charge in [0.1, 0.15) is 11.3 Å². The molecule has 3 heteroatoms. The number of rotatable bonds is 1. The molecule has 0 atom stereocenters. The Kier molecular flexibility index (Phi) is 1.47. The molecule has 0 N–H and O–H groups in total. The number of piperidine rings is 1. The summed E-state index contributed by atoms with van der Waals surface area (Å²) >= 11 is 0. The summed E-state index contributed by atoms with van der Waals surface area (Å²) in [6.45, 7) is 2.49. The number of aryl methyl sites for hydroxylation is 2. The quantitative estimate of drug-likeness (QED) is 0.699. The van der Waals surface area contributed by atoms with Crippen LogP contribution in [-0.2, 0) is 18.4 Å². The molecule has 0 saturated carbocycles. The molecule has 1 aromatic rings. The first-order valence-corrected chi connectivity index (χ1v) is 6.13. The lowest BCUT2D eigenvalue weighted by molar-refractivity contribution is -0.127. The minimum absolute atomic E-state index is 0.247. The van der Waals surface area contributed by atoms with Crippen LogP contribution in [0.4, 0.5) is 0 Å². The summed E-state index contributed by atoms with van der Waals surface area (Å²) in [5, 5.41) is 0. The van der Waals surface area contributed by atoms with Gasteiger partial charge >= 0.3 is 0 Å². The second-order valence-corrected chi connectivity index (χ2v) is 5.11. The molecular weight excluding hydrogens is 188 g/mol. The summed E-state index contributed by atoms with van der Waals surface area (Å²) in [5.74, 6) is 2.22. The molecule has 0 amide bonds. The highest BCUT2D eigenvalue weighted by Gasteiger charge is 2.56. The second-order valence-electron chi connectivity index (χ2n) is 5.11. The zero-order valence-electron chi connectivity index (χ0n) is 8.96. The maximum Gasteiger partial charge on any atom is 0.215 e. The molecule has 2 aliphatic heterocycles. The van der Waals surface area contributed by atoms with Crippen LogP contribution in [-0.4, -0.2) is 23.0 Å². The van der Waals surface area contributed by atoms with Gasteiger partial charge in [0.15, 0.2) is 0 Å². The third kappa shape index (κ3) is 0.924. The van der Waals surface area contributed by atoms with Gasteiger partial charge in [-0.05, 0) is 32.1 Å². The van der Waals surface area contributed by atoms with E-state index in [2.05, 4.69) is 4.90 Å². The van der Waals surface area contributed by atoms with Crippen molar-refractivity contribution in [2.75, 3.05) is 13.1 Å². The van der Waals surface area contributed by atoms with E-state index in [0.717, 1.165) is 18.7 Å². The SMILES string of the molecule is C1CCc2oc(C34CCN3CC4)nc2C1. The lowest BCUT2D eigenvalue weighted by atomic mass is 9.74. The summed E-state index contributed by atoms with van der Waals surface area (Å²) in [4.78, 5) is 7.24. The van der Waals surface area contributed by atoms with Crippen molar-refractivity contribution < 1.29 is 4.42 Å². The fourth-order valence-corrected chi connectivity index (χ4v) is 3.22. The molecule has 0 spiro atoms. The number of hydrogen-bond donors (Lipinski definition) is 0. The Morgan fingerprint density at radius 3 is 2.53 bits per heavy atom. The fraction of sp³-hybridized carbons (Fsp3) is 0.750. The largest absolute Gasteiger partial charge is 0.443 e. The predicted octanol–water partition coefficient (Wildman–Crippen LogP) is 1.86. The van der Waals surface area contributed by atoms with Crippen LogP contribution < -0.4 is 0 Å². The molecule has 3 nitrogen and oxygen atoms in total. The van der Waals surface area contributed by atoms with Gasteiger partial charge < -0.3 is 4.42 Å². The molecule has 1 aliphatic carbocycles. The minimum Gasteiger partial charge on any atom is -0.443 e. The summed E-state index contributed by atoms with van der Waals surface area (Å²) in [5.41, 5.74) is 1.50. The number of oxazole rings is 1. The third-order valence-corrected chi connectivity index (χ3v) is 4.44. The highest BCUT2D eigenvalue weighted by Crippen LogP contribution is 2.50. The van der Waals surface area contributed by atoms with Crippen LogP contribution >= 0.6 is 0 Å². The van der Waals surface area contributed by atoms with E-state index in [1.54, 1.807) is 0 Å². The van der Waals surface area contributed by atoms with Gasteiger partial charge in [0, 0.05) is 19.5 Å². The Labute approximate surface area is 89.5 Å². The summed E-state index contributed by atoms with van der Waals surface area (Å²) < 4.78 is 5.98. The molecular formula is C12H16N2O. The van der Waals surface area contributed by atoms with Gasteiger partial charge in [0.05, 0.1) is 5.69 Å². The van der Waals surface area contributed by atoms with Crippen LogP contribution in [0.25, 0.3) is 0 Å². The van der Waals surface area contributed by atoms with E-state index in [4.69, 9.17) is 9.40 Å². The molecule has 80 valence electrons. The van der Waals surface area contributed by atoms with Gasteiger partial charge in [-0.1, -0.05) is 0 Å². The van der Waals surface area contributed by atoms with Gasteiger partial charge in [-0.3, -0.25) is 4.90 Å². The fourth-order valence-electron chi connectivity index (χ4n) is 3.22. The second kappa shape index (κ2) is 2.64. The molecule has 3 aliphatic rings. The topological polar surface area (TPSA) is 29.3 Å². The predicted molar refractivity (Wildman–Crippen MR) is 55.6 cm³/mol. The van der Waals surface area contributed by atoms with Crippen molar-refractivity contribution in [1.29, 1.82) is 0 Å². The molecule has 0 radical (unpaired) electrons. The zero-order valence-corrected chi connectivity index (χ0v) is 8.96. The van der Waals surface area contributed by atoms with Gasteiger partial charge in [-0.15, -0.1) is 0 Å². The maximum atomic E-state index is 5.98. The van der Waals surface area contributed by atoms with Gasteiger partial charge in [-0.2, -0.15) is 0 Å². The Balaban J connectivity index is 1.74. The van der Waals surface area contributed by atoms with Gasteiger partial charge in [0.2, 0.25) is 5.89 Å². The van der Waals surface area contributed by atoms with Crippen molar-refractivity contribution in [2.24, 2.45) is 0 Å². The van der Waals surface area contributed by atoms with Crippen LogP contribution in [0.15, 0.2) is 4.42 Å². The Morgan fingerprint density at radius 2 is 1.93 bits per heavy atom. The first kappa shape index (κ1) is 8.34. The van der Waals surface area contributed by atoms with Crippen LogP contribution in [0.3, 0.4) is 0 Å². The summed E-state index contributed by atoms with van der Waals surface area (Å²) in [6, 6.07) is 0. The number of fused-ring (bicyclic) bond motifs is 2. The Bertz CT molecular complexity index is 378. The van der Waals surface area contributed by atoms with Crippen molar-refractivity contribution in [2.45, 2.75) is 44.1 Å². The molecule has 15 heavy (non-hydrogen) atoms. The molecule has 4 rings (SSSR count). The molecule has 0 bridgehead atoms. The summed E-state index contributed by atoms with van der Waals surface area (Å²) in [6.07, 6.45) is 7.32. The van der Waals surface area contributed by atoms with E-state index in [1.807, 2.05) is 0 Å². The lowest BCUT2D eigenvalue weighted by Crippen LogP contribution is -2.66. The highest BCUT2D eigenvalue weighted by molar-refractivity contribution is 5.22. The molecule has 3 heterocycles. The van der Waals surface area contributed by atoms with Crippen molar-refractivity contribution in [3.63, 3.8) is 0 Å². The first-order valence-electron chi connectivity index (χ1n) is 6.13. The van der Waals surface area contributed by atoms with E-state index in [0.29, 0.717) is 0 Å². The van der Waals surface area contributed by atoms with Crippen molar-refractivity contribution in [3.05, 3.63) is 17.3 Å². The minimum atomic E-state index is 0.247. The summed E-state index contributed by atoms with van der Waals surface area (Å²) in [7, 11) is 0. The highest BCUT2D eigenvalue weighted by atomic mass is 16.4. The van der Waals surface area contributed by atoms with Crippen LogP contribution in [0.5, 0.6) is 0 Å². The van der Waals surface area contributed by atoms with Gasteiger partial charge in [0.25, 0.3) is 0 Å². The van der Waals surface area contributed by atoms with E-state index in [1.165, 1.54) is 50.2 Å². The van der Waals surface area contributed by atoms with Crippen LogP contribution in [0.2, 0.25) is 0 Å². The molecule has 0 unspecified atom stereocenters. The van der Waals surface area contributed by atoms with E-state index < -0.39 is 0 Å². The standard InChI is InChI=1S/C12H16N2O/c1-2-4-10-9(3-1)13-11(15-10)12-5-7-14(12)8-6-12/h1-8H2. The number of aromatic nitrogens is 1. The smallest absolute Gasteiger partial charge is 0.215 e. The number of nitrogens with zero attached hydrogens (tertiary/aromatic N) is 2. The monoisotopic (exact) mass is 204 g/mol. The van der Waals surface area contributed by atoms with Gasteiger partial charge in [-0.25, -0.2) is 4.98 Å². The molecule has 2 saturated heterocycles. The Hall–Kier alpha value is -0.830. The van der Waals surface area contributed by atoms with E-state index in [9.17, 15) is 0 Å².